The number of allylic oxidation sites excluding steroid dienone is 16. The topological polar surface area (TPSA) is 108 Å². The van der Waals surface area contributed by atoms with Crippen molar-refractivity contribution in [2.75, 3.05) is 47.5 Å². The number of ether oxygens (including phenoxy) is 4. The average Bonchev–Trinajstić information content (AvgIpc) is 3.46. The Hall–Kier alpha value is -3.79. The Morgan fingerprint density at radius 1 is 0.341 bits per heavy atom. The lowest BCUT2D eigenvalue weighted by Crippen LogP contribution is -2.40. The third kappa shape index (κ3) is 73.5. The second kappa shape index (κ2) is 72.0. The van der Waals surface area contributed by atoms with E-state index in [1.807, 2.05) is 21.1 Å². The zero-order valence-corrected chi connectivity index (χ0v) is 60.2. The fraction of sp³-hybridized carbons (Fsp3) is 0.768. The van der Waals surface area contributed by atoms with Crippen LogP contribution in [0, 0.1) is 0 Å². The maximum atomic E-state index is 13.0. The molecular weight excluding hydrogens is 1130 g/mol. The fourth-order valence-electron chi connectivity index (χ4n) is 11.0. The van der Waals surface area contributed by atoms with Gasteiger partial charge in [-0.05, 0) is 96.3 Å². The maximum Gasteiger partial charge on any atom is 0.361 e. The fourth-order valence-corrected chi connectivity index (χ4v) is 11.0. The summed E-state index contributed by atoms with van der Waals surface area (Å²) in [5, 5.41) is 9.77. The smallest absolute Gasteiger partial charge is 0.361 e. The van der Waals surface area contributed by atoms with Gasteiger partial charge >= 0.3 is 17.9 Å². The van der Waals surface area contributed by atoms with Crippen molar-refractivity contribution in [2.45, 2.75) is 360 Å². The van der Waals surface area contributed by atoms with Gasteiger partial charge in [-0.2, -0.15) is 0 Å². The highest BCUT2D eigenvalue weighted by Crippen LogP contribution is 2.18. The molecule has 0 aromatic rings. The van der Waals surface area contributed by atoms with Crippen LogP contribution in [0.25, 0.3) is 0 Å². The molecule has 9 nitrogen and oxygen atoms in total. The van der Waals surface area contributed by atoms with Crippen LogP contribution in [0.2, 0.25) is 0 Å². The van der Waals surface area contributed by atoms with Crippen LogP contribution in [0.3, 0.4) is 0 Å². The zero-order valence-electron chi connectivity index (χ0n) is 60.2. The summed E-state index contributed by atoms with van der Waals surface area (Å²) in [6.45, 7) is 4.80. The van der Waals surface area contributed by atoms with Gasteiger partial charge in [-0.3, -0.25) is 9.59 Å². The van der Waals surface area contributed by atoms with E-state index in [4.69, 9.17) is 18.9 Å². The minimum absolute atomic E-state index is 0.181. The Morgan fingerprint density at radius 3 is 0.934 bits per heavy atom. The van der Waals surface area contributed by atoms with Gasteiger partial charge in [0.05, 0.1) is 34.4 Å². The monoisotopic (exact) mass is 1270 g/mol. The van der Waals surface area contributed by atoms with Crippen LogP contribution in [-0.2, 0) is 33.3 Å². The molecule has 0 radical (unpaired) electrons. The molecule has 0 aliphatic heterocycles. The summed E-state index contributed by atoms with van der Waals surface area (Å²) in [6, 6.07) is 0. The van der Waals surface area contributed by atoms with E-state index in [0.29, 0.717) is 17.4 Å². The molecule has 0 aromatic carbocycles. The molecular formula is C82H146NO8+. The lowest BCUT2D eigenvalue weighted by Gasteiger charge is -2.25. The number of hydrogen-bond acceptors (Lipinski definition) is 7. The highest BCUT2D eigenvalue weighted by atomic mass is 16.7. The largest absolute Gasteiger partial charge is 0.477 e. The third-order valence-electron chi connectivity index (χ3n) is 16.8. The van der Waals surface area contributed by atoms with Gasteiger partial charge in [0.25, 0.3) is 6.29 Å². The van der Waals surface area contributed by atoms with E-state index in [2.05, 4.69) is 111 Å². The molecule has 1 N–H and O–H groups in total. The number of esters is 2. The number of carboxylic acid groups (broad SMARTS) is 1. The molecule has 0 aliphatic carbocycles. The summed E-state index contributed by atoms with van der Waals surface area (Å²) in [6.07, 6.45) is 96.8. The molecule has 526 valence electrons. The van der Waals surface area contributed by atoms with Gasteiger partial charge < -0.3 is 28.5 Å². The van der Waals surface area contributed by atoms with Crippen LogP contribution < -0.4 is 0 Å². The number of nitrogens with zero attached hydrogens (tertiary/aromatic N) is 1. The van der Waals surface area contributed by atoms with Gasteiger partial charge in [0.2, 0.25) is 0 Å². The van der Waals surface area contributed by atoms with Crippen LogP contribution in [0.5, 0.6) is 0 Å². The van der Waals surface area contributed by atoms with Crippen LogP contribution in [-0.4, -0.2) is 87.4 Å². The number of rotatable bonds is 71. The molecule has 0 amide bonds. The maximum absolute atomic E-state index is 13.0. The van der Waals surface area contributed by atoms with Crippen molar-refractivity contribution < 1.29 is 42.9 Å². The molecule has 0 aliphatic rings. The summed E-state index contributed by atoms with van der Waals surface area (Å²) < 4.78 is 23.0. The van der Waals surface area contributed by atoms with E-state index < -0.39 is 24.3 Å². The number of carbonyl (C=O) groups is 3. The number of likely N-dealkylation sites (N-methyl/N-ethyl adjacent to an activating group) is 1. The zero-order chi connectivity index (χ0) is 66.1. The van der Waals surface area contributed by atoms with Gasteiger partial charge in [0, 0.05) is 12.8 Å². The predicted molar refractivity (Wildman–Crippen MR) is 392 cm³/mol. The molecule has 0 saturated heterocycles. The van der Waals surface area contributed by atoms with Crippen molar-refractivity contribution in [3.8, 4) is 0 Å². The molecule has 0 spiro atoms. The average molecular weight is 1270 g/mol. The second-order valence-electron chi connectivity index (χ2n) is 26.9. The van der Waals surface area contributed by atoms with Gasteiger partial charge in [0.1, 0.15) is 13.2 Å². The molecule has 0 aromatic heterocycles. The van der Waals surface area contributed by atoms with Gasteiger partial charge in [-0.15, -0.1) is 0 Å². The summed E-state index contributed by atoms with van der Waals surface area (Å²) >= 11 is 0. The quantitative estimate of drug-likeness (QED) is 0.0211. The molecule has 0 heterocycles. The van der Waals surface area contributed by atoms with Gasteiger partial charge in [-0.1, -0.05) is 336 Å². The first-order valence-electron chi connectivity index (χ1n) is 38.4. The SMILES string of the molecule is CC/C=C\C/C=C\C/C=C\C/C=C\C/C=C\CCCCCCCCCCCCCCCCCCCC(=O)OC(COC(=O)CCCCCCCCCCCCCCCCCCCC/C=C\C/C=C\C/C=C\CCCCCCC)COC(OCC[N+](C)(C)C)C(=O)O. The van der Waals surface area contributed by atoms with E-state index in [9.17, 15) is 19.5 Å². The Bertz CT molecular complexity index is 1820. The molecule has 0 rings (SSSR count). The summed E-state index contributed by atoms with van der Waals surface area (Å²) in [5.41, 5.74) is 0. The molecule has 2 atom stereocenters. The lowest BCUT2D eigenvalue weighted by molar-refractivity contribution is -0.870. The normalized spacial score (nSPS) is 13.2. The first-order valence-corrected chi connectivity index (χ1v) is 38.4. The van der Waals surface area contributed by atoms with Crippen molar-refractivity contribution >= 4 is 17.9 Å². The van der Waals surface area contributed by atoms with E-state index in [0.717, 1.165) is 83.5 Å². The van der Waals surface area contributed by atoms with E-state index in [-0.39, 0.29) is 32.2 Å². The van der Waals surface area contributed by atoms with Gasteiger partial charge in [0.15, 0.2) is 6.10 Å². The Kier molecular flexibility index (Phi) is 69.0. The molecule has 0 fully saturated rings. The van der Waals surface area contributed by atoms with E-state index in [1.54, 1.807) is 0 Å². The highest BCUT2D eigenvalue weighted by Gasteiger charge is 2.25. The third-order valence-corrected chi connectivity index (χ3v) is 16.8. The van der Waals surface area contributed by atoms with Crippen LogP contribution in [0.4, 0.5) is 0 Å². The summed E-state index contributed by atoms with van der Waals surface area (Å²) in [7, 11) is 5.99. The van der Waals surface area contributed by atoms with Gasteiger partial charge in [-0.25, -0.2) is 4.79 Å². The number of unbranched alkanes of at least 4 members (excludes halogenated alkanes) is 40. The van der Waals surface area contributed by atoms with E-state index >= 15 is 0 Å². The lowest BCUT2D eigenvalue weighted by atomic mass is 10.0. The van der Waals surface area contributed by atoms with Crippen molar-refractivity contribution in [2.24, 2.45) is 0 Å². The molecule has 0 saturated carbocycles. The Morgan fingerprint density at radius 2 is 0.626 bits per heavy atom. The second-order valence-corrected chi connectivity index (χ2v) is 26.9. The summed E-state index contributed by atoms with van der Waals surface area (Å²) in [4.78, 5) is 37.7. The molecule has 2 unspecified atom stereocenters. The van der Waals surface area contributed by atoms with Crippen molar-refractivity contribution in [3.05, 3.63) is 97.2 Å². The minimum atomic E-state index is -1.51. The number of quaternary nitrogens is 1. The summed E-state index contributed by atoms with van der Waals surface area (Å²) in [5.74, 6) is -1.99. The number of hydrogen-bond donors (Lipinski definition) is 1. The first-order chi connectivity index (χ1) is 44.6. The number of carbonyl (C=O) groups excluding carboxylic acids is 2. The molecule has 9 heteroatoms. The standard InChI is InChI=1S/C82H145NO8/c1-6-8-10-12-14-16-18-20-22-24-26-28-30-32-34-36-38-40-42-44-46-48-50-52-54-56-58-60-62-64-66-68-70-72-79(84)89-76-78(77-90-82(81(86)87)88-75-74-83(3,4)5)91-80(85)73-71-69-67-65-63-61-59-57-55-53-51-49-47-45-43-41-39-37-35-33-31-29-27-25-23-21-19-17-15-13-11-9-7-2/h9,11,15,17-18,20-21,23-24,26-27,29-30,32-33,35,78,82H,6-8,10,12-14,16,19,22,25,28,31,34,36-77H2,1-5H3/p+1/b11-9-,17-15-,20-18-,23-21-,26-24-,29-27-,32-30-,35-33-. The van der Waals surface area contributed by atoms with Crippen molar-refractivity contribution in [1.29, 1.82) is 0 Å². The van der Waals surface area contributed by atoms with Crippen LogP contribution in [0.15, 0.2) is 97.2 Å². The predicted octanol–water partition coefficient (Wildman–Crippen LogP) is 24.4. The van der Waals surface area contributed by atoms with Crippen LogP contribution in [0.1, 0.15) is 348 Å². The minimum Gasteiger partial charge on any atom is -0.477 e. The number of carboxylic acids is 1. The van der Waals surface area contributed by atoms with Crippen molar-refractivity contribution in [3.63, 3.8) is 0 Å². The Labute approximate surface area is 562 Å². The van der Waals surface area contributed by atoms with Crippen LogP contribution >= 0.6 is 0 Å². The first kappa shape index (κ1) is 87.2. The van der Waals surface area contributed by atoms with Crippen molar-refractivity contribution in [1.82, 2.24) is 0 Å². The Balaban J connectivity index is 4.04. The highest BCUT2D eigenvalue weighted by molar-refractivity contribution is 5.71. The number of aliphatic carboxylic acids is 1. The molecule has 91 heavy (non-hydrogen) atoms. The van der Waals surface area contributed by atoms with E-state index in [1.165, 1.54) is 238 Å². The molecule has 0 bridgehead atoms.